The highest BCUT2D eigenvalue weighted by atomic mass is 16.8. The first-order valence-electron chi connectivity index (χ1n) is 7.85. The van der Waals surface area contributed by atoms with E-state index in [1.54, 1.807) is 26.0 Å². The Kier molecular flexibility index (Phi) is 4.69. The smallest absolute Gasteiger partial charge is 0.356 e. The molecule has 2 heterocycles. The average Bonchev–Trinajstić information content (AvgIpc) is 3.07. The van der Waals surface area contributed by atoms with Crippen molar-refractivity contribution in [3.63, 3.8) is 0 Å². The third-order valence-corrected chi connectivity index (χ3v) is 3.81. The summed E-state index contributed by atoms with van der Waals surface area (Å²) >= 11 is 0. The van der Waals surface area contributed by atoms with Crippen LogP contribution in [0.25, 0.3) is 6.08 Å². The van der Waals surface area contributed by atoms with Gasteiger partial charge in [0.15, 0.2) is 11.9 Å². The first-order chi connectivity index (χ1) is 11.9. The molecule has 0 radical (unpaired) electrons. The number of benzene rings is 1. The minimum absolute atomic E-state index is 0.116. The number of ether oxygens (including phenoxy) is 4. The van der Waals surface area contributed by atoms with Gasteiger partial charge in [0.1, 0.15) is 6.10 Å². The topological polar surface area (TPSA) is 88.1 Å². The van der Waals surface area contributed by atoms with Crippen molar-refractivity contribution in [2.45, 2.75) is 37.9 Å². The molecule has 2 aliphatic heterocycles. The highest BCUT2D eigenvalue weighted by Crippen LogP contribution is 2.29. The number of ketones is 1. The summed E-state index contributed by atoms with van der Waals surface area (Å²) in [5.41, 5.74) is 0.788. The zero-order valence-electron chi connectivity index (χ0n) is 13.8. The molecule has 1 aromatic carbocycles. The molecule has 7 heteroatoms. The quantitative estimate of drug-likeness (QED) is 0.461. The fourth-order valence-corrected chi connectivity index (χ4v) is 2.62. The number of carbonyl (C=O) groups is 3. The molecular weight excluding hydrogens is 328 g/mol. The van der Waals surface area contributed by atoms with Crippen LogP contribution in [0.3, 0.4) is 0 Å². The molecule has 0 bridgehead atoms. The third-order valence-electron chi connectivity index (χ3n) is 3.81. The summed E-state index contributed by atoms with van der Waals surface area (Å²) in [5, 5.41) is 0. The molecule has 0 N–H and O–H groups in total. The summed E-state index contributed by atoms with van der Waals surface area (Å²) in [7, 11) is 0. The molecule has 0 saturated carbocycles. The zero-order valence-corrected chi connectivity index (χ0v) is 13.8. The molecule has 7 nitrogen and oxygen atoms in total. The van der Waals surface area contributed by atoms with E-state index in [9.17, 15) is 14.4 Å². The maximum atomic E-state index is 12.3. The van der Waals surface area contributed by atoms with Crippen molar-refractivity contribution in [3.05, 3.63) is 42.0 Å². The van der Waals surface area contributed by atoms with Crippen LogP contribution < -0.4 is 0 Å². The molecular formula is C18H18O7. The van der Waals surface area contributed by atoms with Gasteiger partial charge in [-0.25, -0.2) is 9.59 Å². The summed E-state index contributed by atoms with van der Waals surface area (Å²) in [6.07, 6.45) is -0.742. The van der Waals surface area contributed by atoms with E-state index in [1.807, 2.05) is 18.2 Å². The van der Waals surface area contributed by atoms with Crippen LogP contribution in [0.5, 0.6) is 0 Å². The van der Waals surface area contributed by atoms with Crippen LogP contribution in [-0.4, -0.2) is 48.4 Å². The number of esters is 2. The number of carbonyl (C=O) groups excluding carboxylic acids is 3. The van der Waals surface area contributed by atoms with Crippen molar-refractivity contribution in [2.24, 2.45) is 0 Å². The minimum atomic E-state index is -1.58. The van der Waals surface area contributed by atoms with E-state index in [0.29, 0.717) is 0 Å². The maximum Gasteiger partial charge on any atom is 0.356 e. The van der Waals surface area contributed by atoms with Gasteiger partial charge in [0, 0.05) is 6.08 Å². The summed E-state index contributed by atoms with van der Waals surface area (Å²) in [4.78, 5) is 36.1. The van der Waals surface area contributed by atoms with Gasteiger partial charge in [0.2, 0.25) is 5.78 Å². The highest BCUT2D eigenvalue weighted by molar-refractivity contribution is 6.11. The Morgan fingerprint density at radius 1 is 1.24 bits per heavy atom. The van der Waals surface area contributed by atoms with Gasteiger partial charge in [0.05, 0.1) is 6.61 Å². The summed E-state index contributed by atoms with van der Waals surface area (Å²) in [6.45, 7) is 3.51. The van der Waals surface area contributed by atoms with Crippen molar-refractivity contribution in [2.75, 3.05) is 6.61 Å². The van der Waals surface area contributed by atoms with Crippen molar-refractivity contribution in [1.29, 1.82) is 0 Å². The van der Waals surface area contributed by atoms with Crippen LogP contribution in [0.4, 0.5) is 0 Å². The van der Waals surface area contributed by atoms with E-state index in [1.165, 1.54) is 6.08 Å². The maximum absolute atomic E-state index is 12.3. The second kappa shape index (κ2) is 6.78. The molecule has 25 heavy (non-hydrogen) atoms. The SMILES string of the molecule is CC1(C)OC[C@@H]([C@H]2OC(=O)C(OC(=O)C=Cc3ccccc3)C2=O)O1. The van der Waals surface area contributed by atoms with Crippen molar-refractivity contribution < 1.29 is 33.3 Å². The molecule has 0 spiro atoms. The van der Waals surface area contributed by atoms with Crippen LogP contribution in [0.15, 0.2) is 36.4 Å². The van der Waals surface area contributed by atoms with Crippen LogP contribution in [-0.2, 0) is 33.3 Å². The molecule has 1 aromatic rings. The molecule has 1 unspecified atom stereocenters. The number of hydrogen-bond acceptors (Lipinski definition) is 7. The number of cyclic esters (lactones) is 1. The second-order valence-electron chi connectivity index (χ2n) is 6.19. The first kappa shape index (κ1) is 17.3. The normalized spacial score (nSPS) is 28.3. The summed E-state index contributed by atoms with van der Waals surface area (Å²) < 4.78 is 20.9. The van der Waals surface area contributed by atoms with Gasteiger partial charge in [0.25, 0.3) is 6.10 Å². The Hall–Kier alpha value is -2.51. The Labute approximate surface area is 144 Å². The minimum Gasteiger partial charge on any atom is -0.448 e. The number of hydrogen-bond donors (Lipinski definition) is 0. The lowest BCUT2D eigenvalue weighted by Gasteiger charge is -2.19. The first-order valence-corrected chi connectivity index (χ1v) is 7.85. The molecule has 0 amide bonds. The Bertz CT molecular complexity index is 707. The van der Waals surface area contributed by atoms with Gasteiger partial charge in [-0.2, -0.15) is 0 Å². The molecule has 0 aliphatic carbocycles. The van der Waals surface area contributed by atoms with Gasteiger partial charge >= 0.3 is 11.9 Å². The lowest BCUT2D eigenvalue weighted by molar-refractivity contribution is -0.165. The molecule has 0 aromatic heterocycles. The fraction of sp³-hybridized carbons (Fsp3) is 0.389. The van der Waals surface area contributed by atoms with Crippen molar-refractivity contribution >= 4 is 23.8 Å². The van der Waals surface area contributed by atoms with E-state index in [2.05, 4.69) is 0 Å². The molecule has 2 fully saturated rings. The summed E-state index contributed by atoms with van der Waals surface area (Å²) in [6, 6.07) is 9.08. The molecule has 2 aliphatic rings. The van der Waals surface area contributed by atoms with Gasteiger partial charge in [-0.3, -0.25) is 4.79 Å². The Balaban J connectivity index is 1.61. The second-order valence-corrected chi connectivity index (χ2v) is 6.19. The van der Waals surface area contributed by atoms with Crippen LogP contribution in [0.1, 0.15) is 19.4 Å². The Morgan fingerprint density at radius 3 is 2.60 bits per heavy atom. The lowest BCUT2D eigenvalue weighted by atomic mass is 10.1. The van der Waals surface area contributed by atoms with Crippen LogP contribution in [0, 0.1) is 0 Å². The van der Waals surface area contributed by atoms with Crippen molar-refractivity contribution in [3.8, 4) is 0 Å². The van der Waals surface area contributed by atoms with Gasteiger partial charge in [-0.05, 0) is 25.5 Å². The van der Waals surface area contributed by atoms with E-state index in [4.69, 9.17) is 18.9 Å². The predicted octanol–water partition coefficient (Wildman–Crippen LogP) is 1.26. The monoisotopic (exact) mass is 346 g/mol. The fourth-order valence-electron chi connectivity index (χ4n) is 2.62. The molecule has 3 atom stereocenters. The highest BCUT2D eigenvalue weighted by Gasteiger charge is 2.53. The lowest BCUT2D eigenvalue weighted by Crippen LogP contribution is -2.38. The van der Waals surface area contributed by atoms with Gasteiger partial charge in [-0.15, -0.1) is 0 Å². The van der Waals surface area contributed by atoms with E-state index in [0.717, 1.165) is 11.6 Å². The predicted molar refractivity (Wildman–Crippen MR) is 85.1 cm³/mol. The van der Waals surface area contributed by atoms with Crippen LogP contribution in [0.2, 0.25) is 0 Å². The molecule has 3 rings (SSSR count). The number of Topliss-reactive ketones (excluding diaryl/α,β-unsaturated/α-hetero) is 1. The zero-order chi connectivity index (χ0) is 18.0. The van der Waals surface area contributed by atoms with E-state index < -0.39 is 41.8 Å². The van der Waals surface area contributed by atoms with Crippen molar-refractivity contribution in [1.82, 2.24) is 0 Å². The largest absolute Gasteiger partial charge is 0.448 e. The standard InChI is InChI=1S/C18H18O7/c1-18(2)22-10-12(25-18)15-14(20)16(17(21)24-15)23-13(19)9-8-11-6-4-3-5-7-11/h3-9,12,15-16H,10H2,1-2H3/t12-,15+,16?/m0/s1. The summed E-state index contributed by atoms with van der Waals surface area (Å²) in [5.74, 6) is -3.20. The van der Waals surface area contributed by atoms with E-state index in [-0.39, 0.29) is 6.61 Å². The van der Waals surface area contributed by atoms with Gasteiger partial charge < -0.3 is 18.9 Å². The van der Waals surface area contributed by atoms with Gasteiger partial charge in [-0.1, -0.05) is 30.3 Å². The van der Waals surface area contributed by atoms with Crippen LogP contribution >= 0.6 is 0 Å². The third kappa shape index (κ3) is 3.94. The molecule has 132 valence electrons. The molecule has 2 saturated heterocycles. The van der Waals surface area contributed by atoms with E-state index >= 15 is 0 Å². The average molecular weight is 346 g/mol. The number of rotatable bonds is 4. The Morgan fingerprint density at radius 2 is 1.96 bits per heavy atom.